The lowest BCUT2D eigenvalue weighted by atomic mass is 10.1. The smallest absolute Gasteiger partial charge is 0.251 e. The van der Waals surface area contributed by atoms with Crippen LogP contribution in [0.2, 0.25) is 5.02 Å². The van der Waals surface area contributed by atoms with E-state index in [9.17, 15) is 9.59 Å². The van der Waals surface area contributed by atoms with E-state index >= 15 is 0 Å². The fourth-order valence-corrected chi connectivity index (χ4v) is 3.11. The van der Waals surface area contributed by atoms with Gasteiger partial charge in [-0.1, -0.05) is 17.7 Å². The Hall–Kier alpha value is -2.57. The zero-order valence-electron chi connectivity index (χ0n) is 15.0. The summed E-state index contributed by atoms with van der Waals surface area (Å²) in [5.74, 6) is -0.424. The minimum Gasteiger partial charge on any atom is -0.376 e. The lowest BCUT2D eigenvalue weighted by Gasteiger charge is -2.15. The molecule has 0 spiro atoms. The minimum atomic E-state index is -0.221. The minimum absolute atomic E-state index is 0.0764. The molecule has 1 aliphatic heterocycles. The molecule has 142 valence electrons. The van der Waals surface area contributed by atoms with Crippen LogP contribution in [0.1, 0.15) is 30.1 Å². The van der Waals surface area contributed by atoms with Crippen LogP contribution < -0.4 is 16.0 Å². The van der Waals surface area contributed by atoms with E-state index < -0.39 is 0 Å². The van der Waals surface area contributed by atoms with Gasteiger partial charge in [0.05, 0.1) is 17.5 Å². The Morgan fingerprint density at radius 2 is 2.04 bits per heavy atom. The van der Waals surface area contributed by atoms with Crippen LogP contribution in [0.3, 0.4) is 0 Å². The number of benzene rings is 2. The number of rotatable bonds is 6. The molecule has 3 N–H and O–H groups in total. The fraction of sp³-hybridized carbons (Fsp3) is 0.300. The zero-order chi connectivity index (χ0) is 19.2. The maximum Gasteiger partial charge on any atom is 0.251 e. The normalized spacial score (nSPS) is 16.0. The third kappa shape index (κ3) is 5.45. The van der Waals surface area contributed by atoms with Gasteiger partial charge in [0.15, 0.2) is 0 Å². The molecule has 2 aromatic rings. The van der Waals surface area contributed by atoms with Crippen LogP contribution in [-0.2, 0) is 9.53 Å². The Labute approximate surface area is 163 Å². The average molecular weight is 388 g/mol. The molecule has 27 heavy (non-hydrogen) atoms. The molecule has 0 aromatic heterocycles. The van der Waals surface area contributed by atoms with Gasteiger partial charge in [-0.15, -0.1) is 0 Å². The summed E-state index contributed by atoms with van der Waals surface area (Å²) in [4.78, 5) is 24.0. The van der Waals surface area contributed by atoms with Crippen molar-refractivity contribution < 1.29 is 14.3 Å². The van der Waals surface area contributed by atoms with E-state index in [4.69, 9.17) is 16.3 Å². The number of halogens is 1. The largest absolute Gasteiger partial charge is 0.376 e. The van der Waals surface area contributed by atoms with Crippen LogP contribution in [0.15, 0.2) is 42.5 Å². The van der Waals surface area contributed by atoms with Crippen molar-refractivity contribution in [2.75, 3.05) is 23.8 Å². The van der Waals surface area contributed by atoms with Crippen molar-refractivity contribution >= 4 is 40.5 Å². The topological polar surface area (TPSA) is 79.5 Å². The molecule has 7 heteroatoms. The quantitative estimate of drug-likeness (QED) is 0.701. The van der Waals surface area contributed by atoms with Gasteiger partial charge in [0.1, 0.15) is 0 Å². The van der Waals surface area contributed by atoms with Gasteiger partial charge in [0.2, 0.25) is 5.91 Å². The van der Waals surface area contributed by atoms with Gasteiger partial charge in [-0.2, -0.15) is 0 Å². The first-order valence-corrected chi connectivity index (χ1v) is 9.23. The van der Waals surface area contributed by atoms with Gasteiger partial charge in [-0.25, -0.2) is 0 Å². The van der Waals surface area contributed by atoms with E-state index in [2.05, 4.69) is 16.0 Å². The van der Waals surface area contributed by atoms with E-state index in [1.807, 2.05) is 12.1 Å². The second-order valence-corrected chi connectivity index (χ2v) is 6.86. The Kier molecular flexibility index (Phi) is 6.32. The predicted octanol–water partition coefficient (Wildman–Crippen LogP) is 3.95. The van der Waals surface area contributed by atoms with Crippen LogP contribution in [-0.4, -0.2) is 31.1 Å². The Bertz CT molecular complexity index is 835. The van der Waals surface area contributed by atoms with Gasteiger partial charge < -0.3 is 20.7 Å². The lowest BCUT2D eigenvalue weighted by Crippen LogP contribution is -2.31. The molecular formula is C20H22ClN3O3. The lowest BCUT2D eigenvalue weighted by molar-refractivity contribution is -0.114. The van der Waals surface area contributed by atoms with E-state index in [1.165, 1.54) is 6.92 Å². The van der Waals surface area contributed by atoms with Crippen LogP contribution in [0.5, 0.6) is 0 Å². The molecule has 0 aliphatic carbocycles. The number of carbonyl (C=O) groups excluding carboxylic acids is 2. The summed E-state index contributed by atoms with van der Waals surface area (Å²) in [7, 11) is 0. The van der Waals surface area contributed by atoms with Crippen LogP contribution in [0, 0.1) is 0 Å². The first kappa shape index (κ1) is 19.2. The number of amides is 2. The van der Waals surface area contributed by atoms with Gasteiger partial charge in [-0.3, -0.25) is 9.59 Å². The van der Waals surface area contributed by atoms with Gasteiger partial charge in [0, 0.05) is 36.3 Å². The van der Waals surface area contributed by atoms with Crippen molar-refractivity contribution in [3.05, 3.63) is 53.1 Å². The van der Waals surface area contributed by atoms with Gasteiger partial charge in [0.25, 0.3) is 5.91 Å². The summed E-state index contributed by atoms with van der Waals surface area (Å²) in [6.45, 7) is 2.65. The SMILES string of the molecule is CC(=O)Nc1cc(C(=O)NCC2CCCO2)ccc1Nc1cccc(Cl)c1. The first-order valence-electron chi connectivity index (χ1n) is 8.85. The summed E-state index contributed by atoms with van der Waals surface area (Å²) in [5.41, 5.74) is 2.44. The molecule has 1 aliphatic rings. The van der Waals surface area contributed by atoms with Gasteiger partial charge >= 0.3 is 0 Å². The second kappa shape index (κ2) is 8.88. The highest BCUT2D eigenvalue weighted by molar-refractivity contribution is 6.30. The maximum absolute atomic E-state index is 12.4. The highest BCUT2D eigenvalue weighted by atomic mass is 35.5. The average Bonchev–Trinajstić information content (AvgIpc) is 3.14. The van der Waals surface area contributed by atoms with Crippen molar-refractivity contribution in [3.63, 3.8) is 0 Å². The molecule has 1 heterocycles. The van der Waals surface area contributed by atoms with Crippen molar-refractivity contribution in [2.24, 2.45) is 0 Å². The number of hydrogen-bond acceptors (Lipinski definition) is 4. The molecule has 2 amide bonds. The highest BCUT2D eigenvalue weighted by Crippen LogP contribution is 2.28. The van der Waals surface area contributed by atoms with Crippen molar-refractivity contribution in [2.45, 2.75) is 25.9 Å². The van der Waals surface area contributed by atoms with E-state index in [1.54, 1.807) is 30.3 Å². The van der Waals surface area contributed by atoms with Crippen LogP contribution >= 0.6 is 11.6 Å². The molecule has 1 unspecified atom stereocenters. The standard InChI is InChI=1S/C20H22ClN3O3/c1-13(25)23-19-10-14(20(26)22-12-17-6-3-9-27-17)7-8-18(19)24-16-5-2-4-15(21)11-16/h2,4-5,7-8,10-11,17,24H,3,6,9,12H2,1H3,(H,22,26)(H,23,25). The molecule has 0 bridgehead atoms. The number of carbonyl (C=O) groups is 2. The van der Waals surface area contributed by atoms with Crippen molar-refractivity contribution in [1.82, 2.24) is 5.32 Å². The Balaban J connectivity index is 1.76. The van der Waals surface area contributed by atoms with Gasteiger partial charge in [-0.05, 0) is 49.2 Å². The molecule has 2 aromatic carbocycles. The van der Waals surface area contributed by atoms with Crippen molar-refractivity contribution in [1.29, 1.82) is 0 Å². The maximum atomic E-state index is 12.4. The number of nitrogens with one attached hydrogen (secondary N) is 3. The third-order valence-corrected chi connectivity index (χ3v) is 4.45. The summed E-state index contributed by atoms with van der Waals surface area (Å²) in [6, 6.07) is 12.4. The number of ether oxygens (including phenoxy) is 1. The van der Waals surface area contributed by atoms with Crippen LogP contribution in [0.25, 0.3) is 0 Å². The molecule has 1 atom stereocenters. The Morgan fingerprint density at radius 1 is 1.19 bits per heavy atom. The monoisotopic (exact) mass is 387 g/mol. The fourth-order valence-electron chi connectivity index (χ4n) is 2.92. The summed E-state index contributed by atoms with van der Waals surface area (Å²) >= 11 is 6.02. The number of anilines is 3. The summed E-state index contributed by atoms with van der Waals surface area (Å²) in [6.07, 6.45) is 2.06. The van der Waals surface area contributed by atoms with E-state index in [-0.39, 0.29) is 17.9 Å². The number of hydrogen-bond donors (Lipinski definition) is 3. The predicted molar refractivity (Wildman–Crippen MR) is 107 cm³/mol. The Morgan fingerprint density at radius 3 is 2.74 bits per heavy atom. The molecule has 0 saturated carbocycles. The molecule has 1 saturated heterocycles. The second-order valence-electron chi connectivity index (χ2n) is 6.42. The highest BCUT2D eigenvalue weighted by Gasteiger charge is 2.17. The molecule has 6 nitrogen and oxygen atoms in total. The third-order valence-electron chi connectivity index (χ3n) is 4.21. The molecular weight excluding hydrogens is 366 g/mol. The molecule has 3 rings (SSSR count). The van der Waals surface area contributed by atoms with Crippen LogP contribution in [0.4, 0.5) is 17.1 Å². The summed E-state index contributed by atoms with van der Waals surface area (Å²) in [5, 5.41) is 9.46. The molecule has 1 fully saturated rings. The zero-order valence-corrected chi connectivity index (χ0v) is 15.8. The van der Waals surface area contributed by atoms with E-state index in [0.717, 1.165) is 25.1 Å². The van der Waals surface area contributed by atoms with E-state index in [0.29, 0.717) is 28.5 Å². The molecule has 0 radical (unpaired) electrons. The van der Waals surface area contributed by atoms with Crippen molar-refractivity contribution in [3.8, 4) is 0 Å². The first-order chi connectivity index (χ1) is 13.0. The summed E-state index contributed by atoms with van der Waals surface area (Å²) < 4.78 is 5.52.